The highest BCUT2D eigenvalue weighted by Crippen LogP contribution is 2.22. The van der Waals surface area contributed by atoms with E-state index in [0.717, 1.165) is 5.56 Å². The number of amides is 1. The molecule has 0 unspecified atom stereocenters. The first-order valence-corrected chi connectivity index (χ1v) is 6.14. The second kappa shape index (κ2) is 6.04. The minimum Gasteiger partial charge on any atom is -0.463 e. The van der Waals surface area contributed by atoms with Crippen molar-refractivity contribution in [3.63, 3.8) is 0 Å². The molecule has 2 aromatic rings. The van der Waals surface area contributed by atoms with Crippen LogP contribution in [0.4, 0.5) is 11.4 Å². The van der Waals surface area contributed by atoms with Crippen LogP contribution < -0.4 is 11.1 Å². The number of aromatic nitrogens is 3. The number of aryl methyl sites for hydroxylation is 1. The normalized spacial score (nSPS) is 10.2. The molecular formula is C13H15N5O3. The number of anilines is 2. The zero-order valence-corrected chi connectivity index (χ0v) is 11.7. The van der Waals surface area contributed by atoms with Gasteiger partial charge in [0.2, 0.25) is 5.91 Å². The number of hydrogen-bond donors (Lipinski definition) is 2. The Kier molecular flexibility index (Phi) is 4.17. The lowest BCUT2D eigenvalue weighted by atomic mass is 10.1. The lowest BCUT2D eigenvalue weighted by Crippen LogP contribution is -2.20. The monoisotopic (exact) mass is 289 g/mol. The van der Waals surface area contributed by atoms with Gasteiger partial charge in [0.15, 0.2) is 0 Å². The van der Waals surface area contributed by atoms with Gasteiger partial charge in [-0.3, -0.25) is 4.79 Å². The van der Waals surface area contributed by atoms with E-state index in [9.17, 15) is 9.59 Å². The number of ether oxygens (including phenoxy) is 1. The van der Waals surface area contributed by atoms with E-state index >= 15 is 0 Å². The van der Waals surface area contributed by atoms with Gasteiger partial charge in [-0.1, -0.05) is 12.1 Å². The van der Waals surface area contributed by atoms with E-state index in [1.165, 1.54) is 18.1 Å². The fraction of sp³-hybridized carbons (Fsp3) is 0.231. The van der Waals surface area contributed by atoms with E-state index in [1.807, 2.05) is 13.0 Å². The predicted octanol–water partition coefficient (Wildman–Crippen LogP) is 0.594. The molecule has 1 aromatic heterocycles. The van der Waals surface area contributed by atoms with Crippen LogP contribution in [-0.4, -0.2) is 33.8 Å². The van der Waals surface area contributed by atoms with E-state index in [1.54, 1.807) is 12.1 Å². The molecule has 0 bridgehead atoms. The van der Waals surface area contributed by atoms with Crippen LogP contribution in [-0.2, 0) is 16.1 Å². The largest absolute Gasteiger partial charge is 0.463 e. The molecule has 0 atom stereocenters. The first-order valence-electron chi connectivity index (χ1n) is 6.14. The van der Waals surface area contributed by atoms with Crippen molar-refractivity contribution in [2.75, 3.05) is 18.2 Å². The minimum absolute atomic E-state index is 0.0855. The van der Waals surface area contributed by atoms with Gasteiger partial charge in [0.05, 0.1) is 18.5 Å². The standard InChI is InChI=1S/C13H15N5O3/c1-8-4-3-5-9(14)11(8)16-10(19)6-18-7-15-12(17-18)13(20)21-2/h3-5,7H,6,14H2,1-2H3,(H,16,19). The fourth-order valence-corrected chi connectivity index (χ4v) is 1.74. The summed E-state index contributed by atoms with van der Waals surface area (Å²) in [6, 6.07) is 5.35. The zero-order chi connectivity index (χ0) is 15.4. The Balaban J connectivity index is 2.05. The zero-order valence-electron chi connectivity index (χ0n) is 11.7. The van der Waals surface area contributed by atoms with Crippen LogP contribution in [0.3, 0.4) is 0 Å². The molecule has 1 amide bonds. The molecule has 2 rings (SSSR count). The van der Waals surface area contributed by atoms with E-state index < -0.39 is 5.97 Å². The molecule has 8 heteroatoms. The van der Waals surface area contributed by atoms with Gasteiger partial charge in [-0.25, -0.2) is 14.5 Å². The summed E-state index contributed by atoms with van der Waals surface area (Å²) in [6.07, 6.45) is 1.28. The summed E-state index contributed by atoms with van der Waals surface area (Å²) >= 11 is 0. The fourth-order valence-electron chi connectivity index (χ4n) is 1.74. The number of hydrogen-bond acceptors (Lipinski definition) is 6. The lowest BCUT2D eigenvalue weighted by molar-refractivity contribution is -0.116. The summed E-state index contributed by atoms with van der Waals surface area (Å²) in [5.74, 6) is -1.07. The number of nitrogen functional groups attached to an aromatic ring is 1. The lowest BCUT2D eigenvalue weighted by Gasteiger charge is -2.10. The highest BCUT2D eigenvalue weighted by atomic mass is 16.5. The van der Waals surface area contributed by atoms with Crippen molar-refractivity contribution in [2.45, 2.75) is 13.5 Å². The molecule has 1 aromatic carbocycles. The molecule has 0 saturated heterocycles. The van der Waals surface area contributed by atoms with Gasteiger partial charge in [0.1, 0.15) is 12.9 Å². The molecule has 0 aliphatic heterocycles. The molecule has 0 aliphatic rings. The summed E-state index contributed by atoms with van der Waals surface area (Å²) in [5.41, 5.74) is 7.72. The molecule has 8 nitrogen and oxygen atoms in total. The molecule has 0 saturated carbocycles. The molecule has 110 valence electrons. The Bertz CT molecular complexity index is 660. The maximum absolute atomic E-state index is 12.0. The molecular weight excluding hydrogens is 274 g/mol. The van der Waals surface area contributed by atoms with Gasteiger partial charge in [-0.2, -0.15) is 0 Å². The topological polar surface area (TPSA) is 112 Å². The molecule has 0 spiro atoms. The van der Waals surface area contributed by atoms with Gasteiger partial charge in [0, 0.05) is 0 Å². The average molecular weight is 289 g/mol. The van der Waals surface area contributed by atoms with Crippen LogP contribution in [0.25, 0.3) is 0 Å². The van der Waals surface area contributed by atoms with Crippen molar-refractivity contribution in [1.82, 2.24) is 14.8 Å². The first kappa shape index (κ1) is 14.5. The van der Waals surface area contributed by atoms with Crippen LogP contribution in [0.5, 0.6) is 0 Å². The van der Waals surface area contributed by atoms with E-state index in [2.05, 4.69) is 20.1 Å². The van der Waals surface area contributed by atoms with Crippen LogP contribution >= 0.6 is 0 Å². The number of para-hydroxylation sites is 1. The third-order valence-electron chi connectivity index (χ3n) is 2.78. The van der Waals surface area contributed by atoms with Gasteiger partial charge < -0.3 is 15.8 Å². The second-order valence-electron chi connectivity index (χ2n) is 4.34. The Labute approximate surface area is 120 Å². The highest BCUT2D eigenvalue weighted by molar-refractivity contribution is 5.94. The van der Waals surface area contributed by atoms with E-state index in [-0.39, 0.29) is 18.3 Å². The minimum atomic E-state index is -0.655. The van der Waals surface area contributed by atoms with E-state index in [0.29, 0.717) is 11.4 Å². The van der Waals surface area contributed by atoms with Gasteiger partial charge >= 0.3 is 5.97 Å². The van der Waals surface area contributed by atoms with Crippen molar-refractivity contribution in [1.29, 1.82) is 0 Å². The summed E-state index contributed by atoms with van der Waals surface area (Å²) in [6.45, 7) is 1.76. The second-order valence-corrected chi connectivity index (χ2v) is 4.34. The van der Waals surface area contributed by atoms with Crippen LogP contribution in [0.2, 0.25) is 0 Å². The third-order valence-corrected chi connectivity index (χ3v) is 2.78. The quantitative estimate of drug-likeness (QED) is 0.629. The molecule has 3 N–H and O–H groups in total. The van der Waals surface area contributed by atoms with Gasteiger partial charge in [-0.05, 0) is 18.6 Å². The Morgan fingerprint density at radius 3 is 2.86 bits per heavy atom. The molecule has 0 radical (unpaired) electrons. The number of nitrogens with zero attached hydrogens (tertiary/aromatic N) is 3. The molecule has 0 aliphatic carbocycles. The van der Waals surface area contributed by atoms with Crippen molar-refractivity contribution >= 4 is 23.3 Å². The highest BCUT2D eigenvalue weighted by Gasteiger charge is 2.13. The summed E-state index contributed by atoms with van der Waals surface area (Å²) in [7, 11) is 1.23. The number of carbonyl (C=O) groups excluding carboxylic acids is 2. The maximum atomic E-state index is 12.0. The van der Waals surface area contributed by atoms with Gasteiger partial charge in [0.25, 0.3) is 5.82 Å². The number of methoxy groups -OCH3 is 1. The first-order chi connectivity index (χ1) is 10.0. The number of carbonyl (C=O) groups is 2. The summed E-state index contributed by atoms with van der Waals surface area (Å²) < 4.78 is 5.73. The maximum Gasteiger partial charge on any atom is 0.377 e. The summed E-state index contributed by atoms with van der Waals surface area (Å²) in [4.78, 5) is 26.9. The van der Waals surface area contributed by atoms with Crippen molar-refractivity contribution in [3.05, 3.63) is 35.9 Å². The number of benzene rings is 1. The Morgan fingerprint density at radius 1 is 1.43 bits per heavy atom. The number of nitrogens with one attached hydrogen (secondary N) is 1. The Hall–Kier alpha value is -2.90. The van der Waals surface area contributed by atoms with Crippen LogP contribution in [0, 0.1) is 6.92 Å². The summed E-state index contributed by atoms with van der Waals surface area (Å²) in [5, 5.41) is 6.56. The Morgan fingerprint density at radius 2 is 2.19 bits per heavy atom. The molecule has 1 heterocycles. The smallest absolute Gasteiger partial charge is 0.377 e. The number of esters is 1. The van der Waals surface area contributed by atoms with E-state index in [4.69, 9.17) is 5.73 Å². The number of nitrogens with two attached hydrogens (primary N) is 1. The van der Waals surface area contributed by atoms with Crippen molar-refractivity contribution in [3.8, 4) is 0 Å². The van der Waals surface area contributed by atoms with Crippen molar-refractivity contribution < 1.29 is 14.3 Å². The van der Waals surface area contributed by atoms with Crippen molar-refractivity contribution in [2.24, 2.45) is 0 Å². The number of rotatable bonds is 4. The SMILES string of the molecule is COC(=O)c1ncn(CC(=O)Nc2c(C)cccc2N)n1. The van der Waals surface area contributed by atoms with Crippen LogP contribution in [0.1, 0.15) is 16.2 Å². The third kappa shape index (κ3) is 3.35. The average Bonchev–Trinajstić information content (AvgIpc) is 2.90. The van der Waals surface area contributed by atoms with Gasteiger partial charge in [-0.15, -0.1) is 5.10 Å². The molecule has 0 fully saturated rings. The predicted molar refractivity (Wildman–Crippen MR) is 75.6 cm³/mol. The van der Waals surface area contributed by atoms with Crippen LogP contribution in [0.15, 0.2) is 24.5 Å². The molecule has 21 heavy (non-hydrogen) atoms.